The fourth-order valence-electron chi connectivity index (χ4n) is 1.92. The Labute approximate surface area is 141 Å². The Kier molecular flexibility index (Phi) is 5.70. The fraction of sp³-hybridized carbons (Fsp3) is 0.176. The highest BCUT2D eigenvalue weighted by Gasteiger charge is 2.23. The number of hydrogen-bond donors (Lipinski definition) is 1. The van der Waals surface area contributed by atoms with Crippen LogP contribution in [0.15, 0.2) is 66.0 Å². The lowest BCUT2D eigenvalue weighted by Gasteiger charge is -2.06. The van der Waals surface area contributed by atoms with Crippen LogP contribution in [-0.4, -0.2) is 21.0 Å². The summed E-state index contributed by atoms with van der Waals surface area (Å²) in [5, 5.41) is 0. The van der Waals surface area contributed by atoms with Gasteiger partial charge in [0.15, 0.2) is 12.4 Å². The Hall–Kier alpha value is -2.67. The SMILES string of the molecule is CCOC(=O)C(=CNS(=O)(=O)c1ccc(C)cc1)[n+]1ccccc1. The van der Waals surface area contributed by atoms with E-state index in [1.807, 2.05) is 6.92 Å². The van der Waals surface area contributed by atoms with Crippen molar-refractivity contribution in [2.75, 3.05) is 6.61 Å². The zero-order chi connectivity index (χ0) is 17.6. The Balaban J connectivity index is 2.33. The third-order valence-electron chi connectivity index (χ3n) is 3.16. The summed E-state index contributed by atoms with van der Waals surface area (Å²) in [6, 6.07) is 11.7. The highest BCUT2D eigenvalue weighted by Crippen LogP contribution is 2.10. The van der Waals surface area contributed by atoms with Gasteiger partial charge in [-0.2, -0.15) is 4.57 Å². The Bertz CT molecular complexity index is 829. The van der Waals surface area contributed by atoms with Crippen LogP contribution in [-0.2, 0) is 19.6 Å². The molecule has 0 saturated heterocycles. The smallest absolute Gasteiger partial charge is 0.405 e. The third-order valence-corrected chi connectivity index (χ3v) is 4.48. The minimum Gasteiger partial charge on any atom is -0.458 e. The Morgan fingerprint density at radius 1 is 1.17 bits per heavy atom. The molecule has 1 aromatic carbocycles. The highest BCUT2D eigenvalue weighted by atomic mass is 32.2. The van der Waals surface area contributed by atoms with E-state index >= 15 is 0 Å². The van der Waals surface area contributed by atoms with Crippen LogP contribution in [0, 0.1) is 6.92 Å². The van der Waals surface area contributed by atoms with Gasteiger partial charge in [-0.25, -0.2) is 13.2 Å². The van der Waals surface area contributed by atoms with Crippen molar-refractivity contribution in [2.24, 2.45) is 0 Å². The highest BCUT2D eigenvalue weighted by molar-refractivity contribution is 7.89. The van der Waals surface area contributed by atoms with Crippen LogP contribution in [0.2, 0.25) is 0 Å². The maximum absolute atomic E-state index is 12.3. The number of carbonyl (C=O) groups is 1. The van der Waals surface area contributed by atoms with E-state index in [2.05, 4.69) is 4.72 Å². The second-order valence-electron chi connectivity index (χ2n) is 4.97. The van der Waals surface area contributed by atoms with Gasteiger partial charge in [-0.05, 0) is 26.0 Å². The van der Waals surface area contributed by atoms with Crippen LogP contribution < -0.4 is 9.29 Å². The molecule has 0 amide bonds. The normalized spacial score (nSPS) is 11.8. The average Bonchev–Trinajstić information content (AvgIpc) is 2.56. The van der Waals surface area contributed by atoms with E-state index in [0.717, 1.165) is 11.8 Å². The Morgan fingerprint density at radius 3 is 2.38 bits per heavy atom. The van der Waals surface area contributed by atoms with Crippen molar-refractivity contribution in [3.63, 3.8) is 0 Å². The van der Waals surface area contributed by atoms with Crippen molar-refractivity contribution in [3.8, 4) is 0 Å². The number of sulfonamides is 1. The summed E-state index contributed by atoms with van der Waals surface area (Å²) >= 11 is 0. The van der Waals surface area contributed by atoms with Gasteiger partial charge in [0.2, 0.25) is 0 Å². The molecule has 0 aliphatic carbocycles. The summed E-state index contributed by atoms with van der Waals surface area (Å²) in [4.78, 5) is 12.2. The molecule has 0 unspecified atom stereocenters. The van der Waals surface area contributed by atoms with Crippen LogP contribution in [0.5, 0.6) is 0 Å². The summed E-state index contributed by atoms with van der Waals surface area (Å²) in [7, 11) is -3.78. The van der Waals surface area contributed by atoms with Gasteiger partial charge in [0.1, 0.15) is 0 Å². The minimum atomic E-state index is -3.78. The van der Waals surface area contributed by atoms with Gasteiger partial charge in [-0.1, -0.05) is 23.8 Å². The van der Waals surface area contributed by atoms with Crippen molar-refractivity contribution in [1.29, 1.82) is 0 Å². The van der Waals surface area contributed by atoms with Crippen molar-refractivity contribution >= 4 is 21.7 Å². The maximum atomic E-state index is 12.3. The molecule has 7 heteroatoms. The lowest BCUT2D eigenvalue weighted by molar-refractivity contribution is -0.578. The van der Waals surface area contributed by atoms with Crippen molar-refractivity contribution in [2.45, 2.75) is 18.7 Å². The molecule has 0 saturated carbocycles. The van der Waals surface area contributed by atoms with Crippen LogP contribution in [0.1, 0.15) is 12.5 Å². The van der Waals surface area contributed by atoms with Gasteiger partial charge < -0.3 is 4.74 Å². The molecule has 0 aliphatic rings. The molecule has 24 heavy (non-hydrogen) atoms. The standard InChI is InChI=1S/C17H18N2O4S/c1-3-23-17(20)16(19-11-5-4-6-12-19)13-18-24(21,22)15-9-7-14(2)8-10-15/h4-13H,3H2,1-2H3/p+1. The van der Waals surface area contributed by atoms with E-state index in [4.69, 9.17) is 4.74 Å². The molecule has 0 fully saturated rings. The Morgan fingerprint density at radius 2 is 1.79 bits per heavy atom. The number of pyridine rings is 1. The van der Waals surface area contributed by atoms with E-state index in [0.29, 0.717) is 0 Å². The number of carbonyl (C=O) groups excluding carboxylic acids is 1. The molecule has 0 radical (unpaired) electrons. The van der Waals surface area contributed by atoms with Gasteiger partial charge in [0.25, 0.3) is 10.0 Å². The number of ether oxygens (including phenoxy) is 1. The van der Waals surface area contributed by atoms with Gasteiger partial charge in [0.05, 0.1) is 17.7 Å². The second-order valence-corrected chi connectivity index (χ2v) is 6.68. The van der Waals surface area contributed by atoms with Crippen LogP contribution in [0.25, 0.3) is 5.70 Å². The minimum absolute atomic E-state index is 0.0631. The summed E-state index contributed by atoms with van der Waals surface area (Å²) in [6.45, 7) is 3.74. The van der Waals surface area contributed by atoms with Gasteiger partial charge in [0, 0.05) is 12.1 Å². The first kappa shape index (κ1) is 17.7. The number of rotatable bonds is 6. The summed E-state index contributed by atoms with van der Waals surface area (Å²) in [5.74, 6) is -0.625. The number of aryl methyl sites for hydroxylation is 1. The van der Waals surface area contributed by atoms with Gasteiger partial charge in [-0.15, -0.1) is 0 Å². The van der Waals surface area contributed by atoms with Crippen LogP contribution in [0.3, 0.4) is 0 Å². The molecule has 126 valence electrons. The molecule has 1 heterocycles. The first-order chi connectivity index (χ1) is 11.4. The number of esters is 1. The zero-order valence-electron chi connectivity index (χ0n) is 13.5. The molecule has 0 aliphatic heterocycles. The molecule has 2 aromatic rings. The van der Waals surface area contributed by atoms with Gasteiger partial charge in [-0.3, -0.25) is 4.72 Å². The molecule has 1 aromatic heterocycles. The number of nitrogens with zero attached hydrogens (tertiary/aromatic N) is 1. The second kappa shape index (κ2) is 7.74. The van der Waals surface area contributed by atoms with E-state index in [9.17, 15) is 13.2 Å². The van der Waals surface area contributed by atoms with Crippen LogP contribution >= 0.6 is 0 Å². The molecule has 0 spiro atoms. The molecular formula is C17H19N2O4S+. The van der Waals surface area contributed by atoms with E-state index < -0.39 is 16.0 Å². The average molecular weight is 347 g/mol. The largest absolute Gasteiger partial charge is 0.458 e. The fourth-order valence-corrected chi connectivity index (χ4v) is 2.82. The number of hydrogen-bond acceptors (Lipinski definition) is 4. The summed E-state index contributed by atoms with van der Waals surface area (Å²) in [6.07, 6.45) is 4.39. The molecule has 6 nitrogen and oxygen atoms in total. The topological polar surface area (TPSA) is 76.3 Å². The molecule has 2 rings (SSSR count). The van der Waals surface area contributed by atoms with E-state index in [-0.39, 0.29) is 17.2 Å². The van der Waals surface area contributed by atoms with Gasteiger partial charge >= 0.3 is 11.7 Å². The third kappa shape index (κ3) is 4.42. The van der Waals surface area contributed by atoms with Crippen molar-refractivity contribution in [3.05, 3.63) is 66.6 Å². The monoisotopic (exact) mass is 347 g/mol. The predicted molar refractivity (Wildman–Crippen MR) is 89.0 cm³/mol. The molecule has 0 atom stereocenters. The van der Waals surface area contributed by atoms with E-state index in [1.54, 1.807) is 49.6 Å². The van der Waals surface area contributed by atoms with Crippen LogP contribution in [0.4, 0.5) is 0 Å². The zero-order valence-corrected chi connectivity index (χ0v) is 14.3. The van der Waals surface area contributed by atoms with Crippen molar-refractivity contribution < 1.29 is 22.5 Å². The quantitative estimate of drug-likeness (QED) is 0.489. The predicted octanol–water partition coefficient (Wildman–Crippen LogP) is 1.62. The molecular weight excluding hydrogens is 328 g/mol. The number of nitrogens with one attached hydrogen (secondary N) is 1. The first-order valence-electron chi connectivity index (χ1n) is 7.37. The number of aromatic nitrogens is 1. The molecule has 1 N–H and O–H groups in total. The maximum Gasteiger partial charge on any atom is 0.405 e. The summed E-state index contributed by atoms with van der Waals surface area (Å²) in [5.41, 5.74) is 1.02. The lowest BCUT2D eigenvalue weighted by atomic mass is 10.2. The lowest BCUT2D eigenvalue weighted by Crippen LogP contribution is -2.38. The number of benzene rings is 1. The van der Waals surface area contributed by atoms with Crippen molar-refractivity contribution in [1.82, 2.24) is 4.72 Å². The first-order valence-corrected chi connectivity index (χ1v) is 8.85. The summed E-state index contributed by atoms with van der Waals surface area (Å²) < 4.78 is 33.5. The van der Waals surface area contributed by atoms with E-state index in [1.165, 1.54) is 16.7 Å². The molecule has 0 bridgehead atoms.